The number of hydrogen-bond donors (Lipinski definition) is 2. The fourth-order valence-corrected chi connectivity index (χ4v) is 2.14. The molecule has 1 aromatic carbocycles. The number of carbonyl (C=O) groups is 1. The predicted octanol–water partition coefficient (Wildman–Crippen LogP) is 2.17. The molecule has 1 atom stereocenters. The molecule has 0 bridgehead atoms. The maximum absolute atomic E-state index is 11.3. The Kier molecular flexibility index (Phi) is 5.76. The van der Waals surface area contributed by atoms with Crippen LogP contribution in [0.25, 0.3) is 0 Å². The van der Waals surface area contributed by atoms with E-state index < -0.39 is 16.9 Å². The quantitative estimate of drug-likeness (QED) is 0.571. The summed E-state index contributed by atoms with van der Waals surface area (Å²) in [5.74, 6) is -0.928. The van der Waals surface area contributed by atoms with Crippen molar-refractivity contribution in [2.24, 2.45) is 0 Å². The summed E-state index contributed by atoms with van der Waals surface area (Å²) < 4.78 is 0. The first-order valence-corrected chi connectivity index (χ1v) is 7.15. The van der Waals surface area contributed by atoms with E-state index in [0.717, 1.165) is 11.3 Å². The Hall–Kier alpha value is -2.80. The van der Waals surface area contributed by atoms with Gasteiger partial charge in [0.25, 0.3) is 5.69 Å². The molecule has 1 aromatic heterocycles. The molecule has 0 spiro atoms. The molecule has 2 aromatic rings. The molecule has 120 valence electrons. The number of carboxylic acid groups (broad SMARTS) is 1. The summed E-state index contributed by atoms with van der Waals surface area (Å²) in [4.78, 5) is 25.6. The number of nitro groups is 1. The van der Waals surface area contributed by atoms with Crippen molar-refractivity contribution in [3.05, 3.63) is 70.0 Å². The molecule has 0 radical (unpaired) electrons. The Morgan fingerprint density at radius 2 is 2.00 bits per heavy atom. The predicted molar refractivity (Wildman–Crippen MR) is 83.9 cm³/mol. The van der Waals surface area contributed by atoms with Crippen molar-refractivity contribution < 1.29 is 14.8 Å². The maximum Gasteiger partial charge on any atom is 0.320 e. The van der Waals surface area contributed by atoms with Gasteiger partial charge in [0.05, 0.1) is 10.6 Å². The molecule has 23 heavy (non-hydrogen) atoms. The maximum atomic E-state index is 11.3. The molecule has 7 heteroatoms. The lowest BCUT2D eigenvalue weighted by molar-refractivity contribution is -0.384. The Bertz CT molecular complexity index is 659. The van der Waals surface area contributed by atoms with Gasteiger partial charge in [0, 0.05) is 24.9 Å². The number of nitrogens with zero attached hydrogens (tertiary/aromatic N) is 2. The number of nitrogens with one attached hydrogen (secondary N) is 1. The number of carboxylic acids is 1. The lowest BCUT2D eigenvalue weighted by atomic mass is 10.0. The van der Waals surface area contributed by atoms with Gasteiger partial charge in [0.15, 0.2) is 0 Å². The first kappa shape index (κ1) is 16.6. The van der Waals surface area contributed by atoms with Gasteiger partial charge in [-0.2, -0.15) is 0 Å². The second-order valence-corrected chi connectivity index (χ2v) is 5.06. The fraction of sp³-hybridized carbons (Fsp3) is 0.250. The minimum atomic E-state index is -0.928. The van der Waals surface area contributed by atoms with Gasteiger partial charge in [-0.25, -0.2) is 0 Å². The van der Waals surface area contributed by atoms with Crippen molar-refractivity contribution in [1.29, 1.82) is 0 Å². The van der Waals surface area contributed by atoms with Gasteiger partial charge in [0.1, 0.15) is 6.04 Å². The standard InChI is InChI=1S/C16H17N3O4/c20-16(21)15(18-11-13-3-1-2-10-17-13)9-6-12-4-7-14(8-5-12)19(22)23/h1-5,7-8,10,15,18H,6,9,11H2,(H,20,21). The smallest absolute Gasteiger partial charge is 0.320 e. The van der Waals surface area contributed by atoms with Crippen LogP contribution in [0.2, 0.25) is 0 Å². The Balaban J connectivity index is 1.89. The summed E-state index contributed by atoms with van der Waals surface area (Å²) in [7, 11) is 0. The zero-order valence-electron chi connectivity index (χ0n) is 12.4. The van der Waals surface area contributed by atoms with Crippen LogP contribution in [-0.4, -0.2) is 27.0 Å². The average Bonchev–Trinajstić information content (AvgIpc) is 2.56. The van der Waals surface area contributed by atoms with E-state index >= 15 is 0 Å². The van der Waals surface area contributed by atoms with Crippen LogP contribution in [0.15, 0.2) is 48.7 Å². The molecular formula is C16H17N3O4. The van der Waals surface area contributed by atoms with E-state index in [1.807, 2.05) is 12.1 Å². The molecular weight excluding hydrogens is 298 g/mol. The van der Waals surface area contributed by atoms with Crippen molar-refractivity contribution in [2.75, 3.05) is 0 Å². The SMILES string of the molecule is O=C(O)C(CCc1ccc([N+](=O)[O-])cc1)NCc1ccccn1. The number of nitro benzene ring substituents is 1. The largest absolute Gasteiger partial charge is 0.480 e. The number of rotatable bonds is 8. The third kappa shape index (κ3) is 5.15. The molecule has 0 saturated carbocycles. The topological polar surface area (TPSA) is 105 Å². The third-order valence-electron chi connectivity index (χ3n) is 3.42. The highest BCUT2D eigenvalue weighted by atomic mass is 16.6. The summed E-state index contributed by atoms with van der Waals surface area (Å²) in [5.41, 5.74) is 1.66. The minimum Gasteiger partial charge on any atom is -0.480 e. The van der Waals surface area contributed by atoms with Crippen molar-refractivity contribution in [3.8, 4) is 0 Å². The van der Waals surface area contributed by atoms with Crippen molar-refractivity contribution in [2.45, 2.75) is 25.4 Å². The number of aromatic nitrogens is 1. The van der Waals surface area contributed by atoms with Crippen LogP contribution >= 0.6 is 0 Å². The summed E-state index contributed by atoms with van der Waals surface area (Å²) in [6, 6.07) is 10.9. The van der Waals surface area contributed by atoms with Crippen molar-refractivity contribution in [1.82, 2.24) is 10.3 Å². The molecule has 0 fully saturated rings. The van der Waals surface area contributed by atoms with Crippen LogP contribution in [0.1, 0.15) is 17.7 Å². The van der Waals surface area contributed by atoms with Crippen molar-refractivity contribution >= 4 is 11.7 Å². The number of hydrogen-bond acceptors (Lipinski definition) is 5. The highest BCUT2D eigenvalue weighted by Gasteiger charge is 2.17. The summed E-state index contributed by atoms with van der Waals surface area (Å²) in [5, 5.41) is 22.8. The molecule has 0 aliphatic rings. The summed E-state index contributed by atoms with van der Waals surface area (Å²) in [6.45, 7) is 0.373. The third-order valence-corrected chi connectivity index (χ3v) is 3.42. The van der Waals surface area contributed by atoms with E-state index in [4.69, 9.17) is 0 Å². The van der Waals surface area contributed by atoms with Gasteiger partial charge in [-0.15, -0.1) is 0 Å². The van der Waals surface area contributed by atoms with Crippen LogP contribution in [-0.2, 0) is 17.8 Å². The first-order valence-electron chi connectivity index (χ1n) is 7.15. The zero-order valence-corrected chi connectivity index (χ0v) is 12.4. The molecule has 1 heterocycles. The summed E-state index contributed by atoms with van der Waals surface area (Å²) in [6.07, 6.45) is 2.56. The number of aryl methyl sites for hydroxylation is 1. The van der Waals surface area contributed by atoms with Crippen LogP contribution in [0.4, 0.5) is 5.69 Å². The number of benzene rings is 1. The van der Waals surface area contributed by atoms with Gasteiger partial charge in [-0.3, -0.25) is 25.2 Å². The molecule has 0 amide bonds. The van der Waals surface area contributed by atoms with Crippen LogP contribution in [0.3, 0.4) is 0 Å². The highest BCUT2D eigenvalue weighted by Crippen LogP contribution is 2.14. The lowest BCUT2D eigenvalue weighted by Crippen LogP contribution is -2.36. The van der Waals surface area contributed by atoms with Gasteiger partial charge in [0.2, 0.25) is 0 Å². The molecule has 7 nitrogen and oxygen atoms in total. The summed E-state index contributed by atoms with van der Waals surface area (Å²) >= 11 is 0. The molecule has 0 aliphatic heterocycles. The van der Waals surface area contributed by atoms with E-state index in [9.17, 15) is 20.0 Å². The molecule has 0 saturated heterocycles. The van der Waals surface area contributed by atoms with Crippen molar-refractivity contribution in [3.63, 3.8) is 0 Å². The Morgan fingerprint density at radius 1 is 1.26 bits per heavy atom. The first-order chi connectivity index (χ1) is 11.1. The van der Waals surface area contributed by atoms with Gasteiger partial charge < -0.3 is 5.11 Å². The molecule has 0 aliphatic carbocycles. The number of pyridine rings is 1. The van der Waals surface area contributed by atoms with Gasteiger partial charge >= 0.3 is 5.97 Å². The molecule has 2 rings (SSSR count). The van der Waals surface area contributed by atoms with Crippen LogP contribution in [0.5, 0.6) is 0 Å². The van der Waals surface area contributed by atoms with E-state index in [-0.39, 0.29) is 5.69 Å². The number of non-ortho nitro benzene ring substituents is 1. The Morgan fingerprint density at radius 3 is 2.57 bits per heavy atom. The fourth-order valence-electron chi connectivity index (χ4n) is 2.14. The average molecular weight is 315 g/mol. The Labute approximate surface area is 133 Å². The van der Waals surface area contributed by atoms with E-state index in [1.165, 1.54) is 12.1 Å². The van der Waals surface area contributed by atoms with E-state index in [2.05, 4.69) is 10.3 Å². The molecule has 1 unspecified atom stereocenters. The van der Waals surface area contributed by atoms with Crippen LogP contribution in [0, 0.1) is 10.1 Å². The lowest BCUT2D eigenvalue weighted by Gasteiger charge is -2.14. The van der Waals surface area contributed by atoms with E-state index in [0.29, 0.717) is 19.4 Å². The molecule has 2 N–H and O–H groups in total. The normalized spacial score (nSPS) is 11.8. The van der Waals surface area contributed by atoms with Crippen LogP contribution < -0.4 is 5.32 Å². The van der Waals surface area contributed by atoms with Gasteiger partial charge in [-0.05, 0) is 30.5 Å². The monoisotopic (exact) mass is 315 g/mol. The minimum absolute atomic E-state index is 0.0248. The highest BCUT2D eigenvalue weighted by molar-refractivity contribution is 5.73. The van der Waals surface area contributed by atoms with E-state index in [1.54, 1.807) is 24.4 Å². The second-order valence-electron chi connectivity index (χ2n) is 5.06. The van der Waals surface area contributed by atoms with Gasteiger partial charge in [-0.1, -0.05) is 18.2 Å². The zero-order chi connectivity index (χ0) is 16.7. The number of aliphatic carboxylic acids is 1. The second kappa shape index (κ2) is 8.00.